The number of rotatable bonds is 3. The molecule has 3 rings (SSSR count). The minimum absolute atomic E-state index is 0.182. The highest BCUT2D eigenvalue weighted by molar-refractivity contribution is 7.92. The second-order valence-corrected chi connectivity index (χ2v) is 8.41. The normalized spacial score (nSPS) is 17.0. The van der Waals surface area contributed by atoms with E-state index in [1.54, 1.807) is 12.1 Å². The Labute approximate surface area is 153 Å². The predicted molar refractivity (Wildman–Crippen MR) is 102 cm³/mol. The number of hydrogen-bond acceptors (Lipinski definition) is 4. The molecule has 0 saturated carbocycles. The van der Waals surface area contributed by atoms with Crippen molar-refractivity contribution >= 4 is 27.3 Å². The highest BCUT2D eigenvalue weighted by Gasteiger charge is 2.31. The van der Waals surface area contributed by atoms with Crippen molar-refractivity contribution < 1.29 is 17.9 Å². The average Bonchev–Trinajstić information content (AvgIpc) is 2.76. The molecule has 0 bridgehead atoms. The van der Waals surface area contributed by atoms with Crippen molar-refractivity contribution in [3.63, 3.8) is 0 Å². The Balaban J connectivity index is 1.89. The molecule has 1 aliphatic heterocycles. The smallest absolute Gasteiger partial charge is 0.265 e. The summed E-state index contributed by atoms with van der Waals surface area (Å²) in [6, 6.07) is 12.8. The van der Waals surface area contributed by atoms with Crippen LogP contribution in [0.1, 0.15) is 17.5 Å². The number of sulfonamides is 1. The van der Waals surface area contributed by atoms with Gasteiger partial charge >= 0.3 is 0 Å². The fraction of sp³-hybridized carbons (Fsp3) is 0.316. The molecule has 1 N–H and O–H groups in total. The van der Waals surface area contributed by atoms with Gasteiger partial charge in [0.15, 0.2) is 6.10 Å². The molecule has 0 aliphatic carbocycles. The van der Waals surface area contributed by atoms with Gasteiger partial charge in [0.2, 0.25) is 10.0 Å². The summed E-state index contributed by atoms with van der Waals surface area (Å²) in [5.41, 5.74) is 3.06. The molecule has 1 heterocycles. The van der Waals surface area contributed by atoms with Gasteiger partial charge in [-0.15, -0.1) is 0 Å². The number of carbonyl (C=O) groups excluding carboxylic acids is 1. The lowest BCUT2D eigenvalue weighted by molar-refractivity contribution is -0.122. The molecule has 1 unspecified atom stereocenters. The maximum Gasteiger partial charge on any atom is 0.265 e. The van der Waals surface area contributed by atoms with Crippen molar-refractivity contribution in [1.29, 1.82) is 0 Å². The third-order valence-corrected chi connectivity index (χ3v) is 5.52. The van der Waals surface area contributed by atoms with Crippen molar-refractivity contribution in [2.75, 3.05) is 22.4 Å². The number of anilines is 2. The van der Waals surface area contributed by atoms with Gasteiger partial charge in [-0.2, -0.15) is 0 Å². The molecule has 26 heavy (non-hydrogen) atoms. The third kappa shape index (κ3) is 3.83. The Morgan fingerprint density at radius 1 is 1.19 bits per heavy atom. The van der Waals surface area contributed by atoms with Crippen LogP contribution in [0.3, 0.4) is 0 Å². The van der Waals surface area contributed by atoms with Crippen LogP contribution in [0.25, 0.3) is 0 Å². The van der Waals surface area contributed by atoms with E-state index >= 15 is 0 Å². The quantitative estimate of drug-likeness (QED) is 0.896. The lowest BCUT2D eigenvalue weighted by atomic mass is 10.2. The maximum absolute atomic E-state index is 12.7. The summed E-state index contributed by atoms with van der Waals surface area (Å²) in [6.45, 7) is 3.97. The summed E-state index contributed by atoms with van der Waals surface area (Å²) in [5, 5.41) is 2.87. The molecular weight excluding hydrogens is 352 g/mol. The minimum atomic E-state index is -3.47. The first-order valence-corrected chi connectivity index (χ1v) is 10.2. The summed E-state index contributed by atoms with van der Waals surface area (Å²) < 4.78 is 31.6. The summed E-state index contributed by atoms with van der Waals surface area (Å²) in [4.78, 5) is 12.7. The van der Waals surface area contributed by atoms with Crippen LogP contribution in [-0.4, -0.2) is 33.2 Å². The number of nitrogens with zero attached hydrogens (tertiary/aromatic N) is 1. The van der Waals surface area contributed by atoms with Crippen LogP contribution in [-0.2, 0) is 14.8 Å². The molecule has 0 aromatic heterocycles. The number of hydrogen-bond donors (Lipinski definition) is 1. The van der Waals surface area contributed by atoms with Crippen LogP contribution in [0, 0.1) is 13.8 Å². The number of aryl methyl sites for hydroxylation is 2. The molecule has 138 valence electrons. The van der Waals surface area contributed by atoms with Gasteiger partial charge in [-0.25, -0.2) is 8.42 Å². The Kier molecular flexibility index (Phi) is 4.91. The second kappa shape index (κ2) is 6.99. The summed E-state index contributed by atoms with van der Waals surface area (Å²) in [7, 11) is -3.47. The summed E-state index contributed by atoms with van der Waals surface area (Å²) >= 11 is 0. The fourth-order valence-corrected chi connectivity index (χ4v) is 3.88. The van der Waals surface area contributed by atoms with Gasteiger partial charge in [-0.1, -0.05) is 24.3 Å². The number of carbonyl (C=O) groups is 1. The minimum Gasteiger partial charge on any atom is -0.478 e. The number of nitrogens with one attached hydrogen (secondary N) is 1. The van der Waals surface area contributed by atoms with E-state index in [0.29, 0.717) is 11.4 Å². The highest BCUT2D eigenvalue weighted by Crippen LogP contribution is 2.35. The van der Waals surface area contributed by atoms with E-state index < -0.39 is 16.1 Å². The first-order valence-electron chi connectivity index (χ1n) is 8.37. The molecule has 1 atom stereocenters. The first-order chi connectivity index (χ1) is 12.3. The fourth-order valence-electron chi connectivity index (χ4n) is 2.94. The van der Waals surface area contributed by atoms with Gasteiger partial charge in [-0.3, -0.25) is 9.10 Å². The number of para-hydroxylation sites is 1. The molecule has 0 saturated heterocycles. The van der Waals surface area contributed by atoms with Gasteiger partial charge < -0.3 is 10.1 Å². The van der Waals surface area contributed by atoms with Crippen LogP contribution in [0.5, 0.6) is 5.75 Å². The Bertz CT molecular complexity index is 940. The topological polar surface area (TPSA) is 75.7 Å². The zero-order chi connectivity index (χ0) is 18.9. The van der Waals surface area contributed by atoms with Crippen molar-refractivity contribution in [3.8, 4) is 5.75 Å². The van der Waals surface area contributed by atoms with E-state index in [4.69, 9.17) is 4.74 Å². The molecule has 1 amide bonds. The average molecular weight is 374 g/mol. The standard InChI is InChI=1S/C19H22N2O4S/c1-13-8-9-17-16(12-13)21(26(3,23)24)11-10-18(25-17)19(22)20-15-7-5-4-6-14(15)2/h4-9,12,18H,10-11H2,1-3H3,(H,20,22). The van der Waals surface area contributed by atoms with Gasteiger partial charge in [0.25, 0.3) is 5.91 Å². The molecule has 1 aliphatic rings. The monoisotopic (exact) mass is 374 g/mol. The van der Waals surface area contributed by atoms with Crippen molar-refractivity contribution in [2.45, 2.75) is 26.4 Å². The zero-order valence-electron chi connectivity index (χ0n) is 15.0. The SMILES string of the molecule is Cc1ccc2c(c1)N(S(C)(=O)=O)CCC(C(=O)Nc1ccccc1C)O2. The summed E-state index contributed by atoms with van der Waals surface area (Å²) in [6.07, 6.45) is 0.647. The van der Waals surface area contributed by atoms with Crippen molar-refractivity contribution in [3.05, 3.63) is 53.6 Å². The molecule has 0 radical (unpaired) electrons. The molecule has 7 heteroatoms. The van der Waals surface area contributed by atoms with Crippen LogP contribution in [0.15, 0.2) is 42.5 Å². The number of ether oxygens (including phenoxy) is 1. The summed E-state index contributed by atoms with van der Waals surface area (Å²) in [5.74, 6) is 0.102. The van der Waals surface area contributed by atoms with Crippen LogP contribution in [0.4, 0.5) is 11.4 Å². The maximum atomic E-state index is 12.7. The van der Waals surface area contributed by atoms with E-state index in [1.807, 2.05) is 44.2 Å². The molecule has 2 aromatic rings. The van der Waals surface area contributed by atoms with Gasteiger partial charge in [0.05, 0.1) is 11.9 Å². The van der Waals surface area contributed by atoms with E-state index in [9.17, 15) is 13.2 Å². The van der Waals surface area contributed by atoms with Crippen molar-refractivity contribution in [2.24, 2.45) is 0 Å². The number of benzene rings is 2. The highest BCUT2D eigenvalue weighted by atomic mass is 32.2. The predicted octanol–water partition coefficient (Wildman–Crippen LogP) is 2.86. The second-order valence-electron chi connectivity index (χ2n) is 6.51. The molecule has 0 spiro atoms. The lowest BCUT2D eigenvalue weighted by Crippen LogP contribution is -2.36. The van der Waals surface area contributed by atoms with Gasteiger partial charge in [-0.05, 0) is 43.2 Å². The zero-order valence-corrected chi connectivity index (χ0v) is 15.8. The number of amides is 1. The van der Waals surface area contributed by atoms with Crippen LogP contribution >= 0.6 is 0 Å². The molecule has 6 nitrogen and oxygen atoms in total. The van der Waals surface area contributed by atoms with Crippen LogP contribution in [0.2, 0.25) is 0 Å². The Morgan fingerprint density at radius 2 is 1.92 bits per heavy atom. The lowest BCUT2D eigenvalue weighted by Gasteiger charge is -2.21. The van der Waals surface area contributed by atoms with E-state index in [2.05, 4.69) is 5.32 Å². The Hall–Kier alpha value is -2.54. The van der Waals surface area contributed by atoms with Crippen LogP contribution < -0.4 is 14.4 Å². The van der Waals surface area contributed by atoms with Gasteiger partial charge in [0.1, 0.15) is 5.75 Å². The Morgan fingerprint density at radius 3 is 2.62 bits per heavy atom. The van der Waals surface area contributed by atoms with E-state index in [0.717, 1.165) is 23.1 Å². The largest absolute Gasteiger partial charge is 0.478 e. The van der Waals surface area contributed by atoms with Crippen molar-refractivity contribution in [1.82, 2.24) is 0 Å². The molecule has 0 fully saturated rings. The number of fused-ring (bicyclic) bond motifs is 1. The molecular formula is C19H22N2O4S. The van der Waals surface area contributed by atoms with E-state index in [-0.39, 0.29) is 18.9 Å². The molecule has 2 aromatic carbocycles. The third-order valence-electron chi connectivity index (χ3n) is 4.34. The first kappa shape index (κ1) is 18.3. The van der Waals surface area contributed by atoms with E-state index in [1.165, 1.54) is 4.31 Å². The van der Waals surface area contributed by atoms with Gasteiger partial charge in [0, 0.05) is 18.7 Å².